The molecule has 1 atom stereocenters. The molecule has 0 aliphatic carbocycles. The third kappa shape index (κ3) is 7.69. The molecule has 0 aliphatic rings. The number of amides is 1. The number of aliphatic carboxylic acids is 1. The Balaban J connectivity index is 4.51. The summed E-state index contributed by atoms with van der Waals surface area (Å²) in [6.07, 6.45) is 5.27. The van der Waals surface area contributed by atoms with Crippen molar-refractivity contribution in [1.29, 1.82) is 5.26 Å². The van der Waals surface area contributed by atoms with Crippen LogP contribution in [0.5, 0.6) is 0 Å². The quantitative estimate of drug-likeness (QED) is 0.317. The summed E-state index contributed by atoms with van der Waals surface area (Å²) >= 11 is 1.54. The minimum atomic E-state index is -1.00. The van der Waals surface area contributed by atoms with Crippen LogP contribution >= 0.6 is 11.8 Å². The smallest absolute Gasteiger partial charge is 0.326 e. The van der Waals surface area contributed by atoms with Crippen molar-refractivity contribution in [3.63, 3.8) is 0 Å². The molecule has 0 saturated heterocycles. The van der Waals surface area contributed by atoms with Gasteiger partial charge in [0.1, 0.15) is 17.7 Å². The van der Waals surface area contributed by atoms with E-state index in [9.17, 15) is 9.59 Å². The number of hydrogen-bond acceptors (Lipinski definition) is 5. The van der Waals surface area contributed by atoms with Crippen LogP contribution in [-0.2, 0) is 9.59 Å². The van der Waals surface area contributed by atoms with E-state index in [0.717, 1.165) is 12.8 Å². The number of hydrogen-bond donors (Lipinski definition) is 3. The van der Waals surface area contributed by atoms with Crippen LogP contribution in [-0.4, -0.2) is 41.6 Å². The predicted octanol–water partition coefficient (Wildman–Crippen LogP) is 1.11. The zero-order chi connectivity index (χ0) is 15.4. The van der Waals surface area contributed by atoms with E-state index < -0.39 is 17.9 Å². The molecule has 0 bridgehead atoms. The van der Waals surface area contributed by atoms with Crippen molar-refractivity contribution in [3.05, 3.63) is 11.8 Å². The highest BCUT2D eigenvalue weighted by Crippen LogP contribution is 2.02. The molecule has 0 rings (SSSR count). The van der Waals surface area contributed by atoms with Gasteiger partial charge in [0.15, 0.2) is 0 Å². The normalized spacial score (nSPS) is 12.3. The number of rotatable bonds is 10. The SMILES string of the molecule is CCCCNC(=O)/C(C#N)=C\NC(CCSC)C(=O)O. The third-order valence-corrected chi connectivity index (χ3v) is 3.16. The van der Waals surface area contributed by atoms with Gasteiger partial charge in [0.2, 0.25) is 0 Å². The van der Waals surface area contributed by atoms with Crippen LogP contribution in [0.25, 0.3) is 0 Å². The van der Waals surface area contributed by atoms with Gasteiger partial charge in [-0.25, -0.2) is 4.79 Å². The molecular formula is C13H21N3O3S. The van der Waals surface area contributed by atoms with Crippen molar-refractivity contribution < 1.29 is 14.7 Å². The van der Waals surface area contributed by atoms with E-state index in [1.807, 2.05) is 13.2 Å². The summed E-state index contributed by atoms with van der Waals surface area (Å²) in [4.78, 5) is 22.7. The summed E-state index contributed by atoms with van der Waals surface area (Å²) < 4.78 is 0. The first-order chi connectivity index (χ1) is 9.56. The van der Waals surface area contributed by atoms with E-state index >= 15 is 0 Å². The molecule has 0 aliphatic heterocycles. The Bertz CT molecular complexity index is 391. The molecule has 6 nitrogen and oxygen atoms in total. The monoisotopic (exact) mass is 299 g/mol. The minimum absolute atomic E-state index is 0.114. The lowest BCUT2D eigenvalue weighted by molar-refractivity contribution is -0.139. The molecule has 3 N–H and O–H groups in total. The van der Waals surface area contributed by atoms with Gasteiger partial charge in [-0.3, -0.25) is 4.79 Å². The van der Waals surface area contributed by atoms with Crippen LogP contribution in [0.4, 0.5) is 0 Å². The first-order valence-electron chi connectivity index (χ1n) is 6.43. The maximum absolute atomic E-state index is 11.7. The molecule has 1 unspecified atom stereocenters. The fourth-order valence-electron chi connectivity index (χ4n) is 1.32. The van der Waals surface area contributed by atoms with E-state index in [2.05, 4.69) is 10.6 Å². The highest BCUT2D eigenvalue weighted by atomic mass is 32.2. The summed E-state index contributed by atoms with van der Waals surface area (Å²) in [5.74, 6) is -0.802. The second-order valence-electron chi connectivity index (χ2n) is 4.12. The largest absolute Gasteiger partial charge is 0.480 e. The van der Waals surface area contributed by atoms with Gasteiger partial charge in [-0.1, -0.05) is 13.3 Å². The van der Waals surface area contributed by atoms with E-state index in [0.29, 0.717) is 18.7 Å². The predicted molar refractivity (Wildman–Crippen MR) is 79.2 cm³/mol. The van der Waals surface area contributed by atoms with E-state index in [1.54, 1.807) is 6.07 Å². The summed E-state index contributed by atoms with van der Waals surface area (Å²) in [5, 5.41) is 23.2. The van der Waals surface area contributed by atoms with Crippen LogP contribution in [0.15, 0.2) is 11.8 Å². The van der Waals surface area contributed by atoms with Crippen molar-refractivity contribution >= 4 is 23.6 Å². The van der Waals surface area contributed by atoms with Crippen molar-refractivity contribution in [2.45, 2.75) is 32.2 Å². The Morgan fingerprint density at radius 3 is 2.70 bits per heavy atom. The second-order valence-corrected chi connectivity index (χ2v) is 5.10. The molecular weight excluding hydrogens is 278 g/mol. The van der Waals surface area contributed by atoms with Crippen LogP contribution in [0.3, 0.4) is 0 Å². The molecule has 1 amide bonds. The van der Waals surface area contributed by atoms with Crippen molar-refractivity contribution in [2.75, 3.05) is 18.6 Å². The molecule has 0 saturated carbocycles. The fourth-order valence-corrected chi connectivity index (χ4v) is 1.79. The maximum Gasteiger partial charge on any atom is 0.326 e. The van der Waals surface area contributed by atoms with Crippen LogP contribution < -0.4 is 10.6 Å². The molecule has 0 spiro atoms. The van der Waals surface area contributed by atoms with Crippen molar-refractivity contribution in [2.24, 2.45) is 0 Å². The van der Waals surface area contributed by atoms with Gasteiger partial charge >= 0.3 is 5.97 Å². The van der Waals surface area contributed by atoms with Crippen LogP contribution in [0.1, 0.15) is 26.2 Å². The molecule has 0 heterocycles. The number of nitriles is 1. The first-order valence-corrected chi connectivity index (χ1v) is 7.82. The van der Waals surface area contributed by atoms with Gasteiger partial charge in [0.05, 0.1) is 0 Å². The third-order valence-electron chi connectivity index (χ3n) is 2.52. The number of unbranched alkanes of at least 4 members (excludes halogenated alkanes) is 1. The van der Waals surface area contributed by atoms with Gasteiger partial charge in [0, 0.05) is 12.7 Å². The van der Waals surface area contributed by atoms with Gasteiger partial charge < -0.3 is 15.7 Å². The summed E-state index contributed by atoms with van der Waals surface area (Å²) in [6, 6.07) is 0.971. The Kier molecular flexibility index (Phi) is 10.2. The molecule has 0 fully saturated rings. The van der Waals surface area contributed by atoms with E-state index in [1.165, 1.54) is 18.0 Å². The van der Waals surface area contributed by atoms with Crippen LogP contribution in [0, 0.1) is 11.3 Å². The van der Waals surface area contributed by atoms with Gasteiger partial charge in [0.25, 0.3) is 5.91 Å². The number of carboxylic acid groups (broad SMARTS) is 1. The lowest BCUT2D eigenvalue weighted by atomic mass is 10.2. The molecule has 20 heavy (non-hydrogen) atoms. The standard InChI is InChI=1S/C13H21N3O3S/c1-3-4-6-15-12(17)10(8-14)9-16-11(13(18)19)5-7-20-2/h9,11,16H,3-7H2,1-2H3,(H,15,17)(H,18,19)/b10-9-. The summed E-state index contributed by atoms with van der Waals surface area (Å²) in [7, 11) is 0. The summed E-state index contributed by atoms with van der Waals surface area (Å²) in [5.41, 5.74) is -0.114. The molecule has 0 aromatic heterocycles. The number of carboxylic acids is 1. The van der Waals surface area contributed by atoms with Crippen molar-refractivity contribution in [3.8, 4) is 6.07 Å². The first kappa shape index (κ1) is 18.3. The van der Waals surface area contributed by atoms with Crippen LogP contribution in [0.2, 0.25) is 0 Å². The molecule has 0 radical (unpaired) electrons. The van der Waals surface area contributed by atoms with Gasteiger partial charge in [-0.2, -0.15) is 17.0 Å². The second kappa shape index (κ2) is 11.2. The minimum Gasteiger partial charge on any atom is -0.480 e. The zero-order valence-electron chi connectivity index (χ0n) is 11.8. The highest BCUT2D eigenvalue weighted by molar-refractivity contribution is 7.98. The lowest BCUT2D eigenvalue weighted by Crippen LogP contribution is -2.35. The van der Waals surface area contributed by atoms with Gasteiger partial charge in [-0.05, 0) is 24.9 Å². The number of carbonyl (C=O) groups excluding carboxylic acids is 1. The molecule has 112 valence electrons. The molecule has 0 aromatic carbocycles. The average Bonchev–Trinajstić information content (AvgIpc) is 2.42. The van der Waals surface area contributed by atoms with E-state index in [-0.39, 0.29) is 5.57 Å². The number of carbonyl (C=O) groups is 2. The Morgan fingerprint density at radius 2 is 2.20 bits per heavy atom. The molecule has 7 heteroatoms. The highest BCUT2D eigenvalue weighted by Gasteiger charge is 2.16. The van der Waals surface area contributed by atoms with Gasteiger partial charge in [-0.15, -0.1) is 0 Å². The number of nitrogens with one attached hydrogen (secondary N) is 2. The number of nitrogens with zero attached hydrogens (tertiary/aromatic N) is 1. The Hall–Kier alpha value is -1.68. The Morgan fingerprint density at radius 1 is 1.50 bits per heavy atom. The van der Waals surface area contributed by atoms with E-state index in [4.69, 9.17) is 10.4 Å². The fraction of sp³-hybridized carbons (Fsp3) is 0.615. The lowest BCUT2D eigenvalue weighted by Gasteiger charge is -2.12. The van der Waals surface area contributed by atoms with Crippen molar-refractivity contribution in [1.82, 2.24) is 10.6 Å². The Labute approximate surface area is 123 Å². The topological polar surface area (TPSA) is 102 Å². The molecule has 0 aromatic rings. The number of thioether (sulfide) groups is 1. The average molecular weight is 299 g/mol. The maximum atomic E-state index is 11.7. The zero-order valence-corrected chi connectivity index (χ0v) is 12.6. The summed E-state index contributed by atoms with van der Waals surface area (Å²) in [6.45, 7) is 2.50.